The summed E-state index contributed by atoms with van der Waals surface area (Å²) in [5.74, 6) is 1.05. The molecule has 4 nitrogen and oxygen atoms in total. The van der Waals surface area contributed by atoms with Crippen molar-refractivity contribution >= 4 is 27.5 Å². The summed E-state index contributed by atoms with van der Waals surface area (Å²) in [5, 5.41) is 0. The van der Waals surface area contributed by atoms with Gasteiger partial charge in [0, 0.05) is 12.2 Å². The van der Waals surface area contributed by atoms with Crippen molar-refractivity contribution < 1.29 is 8.42 Å². The molecule has 1 aromatic carbocycles. The van der Waals surface area contributed by atoms with Gasteiger partial charge in [0.05, 0.1) is 4.90 Å². The summed E-state index contributed by atoms with van der Waals surface area (Å²) in [7, 11) is -3.45. The van der Waals surface area contributed by atoms with E-state index in [0.717, 1.165) is 29.7 Å². The molecular formula is C13H22N2O2S2. The number of nitrogens with one attached hydrogen (secondary N) is 1. The first-order valence-electron chi connectivity index (χ1n) is 6.24. The van der Waals surface area contributed by atoms with Gasteiger partial charge in [-0.2, -0.15) is 11.8 Å². The number of nitrogens with two attached hydrogens (primary N) is 1. The van der Waals surface area contributed by atoms with Gasteiger partial charge < -0.3 is 5.73 Å². The molecule has 0 aliphatic heterocycles. The Bertz CT molecular complexity index is 504. The van der Waals surface area contributed by atoms with Crippen LogP contribution in [0.4, 0.5) is 5.69 Å². The van der Waals surface area contributed by atoms with Gasteiger partial charge in [-0.1, -0.05) is 0 Å². The minimum absolute atomic E-state index is 0.248. The Hall–Kier alpha value is -0.720. The van der Waals surface area contributed by atoms with Gasteiger partial charge in [-0.25, -0.2) is 13.1 Å². The Morgan fingerprint density at radius 2 is 1.95 bits per heavy atom. The van der Waals surface area contributed by atoms with Gasteiger partial charge >= 0.3 is 0 Å². The Morgan fingerprint density at radius 3 is 2.53 bits per heavy atom. The van der Waals surface area contributed by atoms with Crippen molar-refractivity contribution in [2.75, 3.05) is 24.3 Å². The molecule has 0 spiro atoms. The van der Waals surface area contributed by atoms with Gasteiger partial charge in [-0.05, 0) is 62.0 Å². The summed E-state index contributed by atoms with van der Waals surface area (Å²) in [6, 6.07) is 3.18. The second-order valence-electron chi connectivity index (χ2n) is 4.55. The molecule has 0 saturated heterocycles. The first kappa shape index (κ1) is 16.3. The minimum atomic E-state index is -3.45. The lowest BCUT2D eigenvalue weighted by Gasteiger charge is -2.10. The molecule has 19 heavy (non-hydrogen) atoms. The molecule has 0 aliphatic carbocycles. The highest BCUT2D eigenvalue weighted by Gasteiger charge is 2.15. The molecule has 0 aliphatic rings. The zero-order chi connectivity index (χ0) is 14.5. The summed E-state index contributed by atoms with van der Waals surface area (Å²) >= 11 is 1.77. The van der Waals surface area contributed by atoms with Crippen LogP contribution in [0.15, 0.2) is 17.0 Å². The number of thioether (sulfide) groups is 1. The highest BCUT2D eigenvalue weighted by Crippen LogP contribution is 2.21. The molecule has 0 heterocycles. The average Bonchev–Trinajstić information content (AvgIpc) is 2.35. The number of benzene rings is 1. The molecule has 0 radical (unpaired) electrons. The number of hydrogen-bond acceptors (Lipinski definition) is 4. The van der Waals surface area contributed by atoms with Crippen LogP contribution in [0.1, 0.15) is 24.0 Å². The molecule has 0 fully saturated rings. The predicted octanol–water partition coefficient (Wildman–Crippen LogP) is 2.31. The Morgan fingerprint density at radius 1 is 1.26 bits per heavy atom. The third-order valence-electron chi connectivity index (χ3n) is 3.06. The van der Waals surface area contributed by atoms with Crippen molar-refractivity contribution in [1.29, 1.82) is 0 Å². The molecule has 0 bridgehead atoms. The van der Waals surface area contributed by atoms with Crippen molar-refractivity contribution in [3.05, 3.63) is 23.3 Å². The lowest BCUT2D eigenvalue weighted by Crippen LogP contribution is -2.25. The smallest absolute Gasteiger partial charge is 0.240 e. The van der Waals surface area contributed by atoms with Crippen LogP contribution in [0.25, 0.3) is 0 Å². The maximum Gasteiger partial charge on any atom is 0.240 e. The topological polar surface area (TPSA) is 72.2 Å². The number of aryl methyl sites for hydroxylation is 1. The number of nitrogen functional groups attached to an aromatic ring is 1. The van der Waals surface area contributed by atoms with E-state index in [9.17, 15) is 8.42 Å². The average molecular weight is 302 g/mol. The quantitative estimate of drug-likeness (QED) is 0.599. The SMILES string of the molecule is CSCCCCNS(=O)(=O)c1cc(C)c(C)c(N)c1. The van der Waals surface area contributed by atoms with Crippen LogP contribution in [-0.2, 0) is 10.0 Å². The first-order valence-corrected chi connectivity index (χ1v) is 9.11. The highest BCUT2D eigenvalue weighted by molar-refractivity contribution is 7.98. The Labute approximate surface area is 120 Å². The Balaban J connectivity index is 2.72. The van der Waals surface area contributed by atoms with Crippen LogP contribution in [0.2, 0.25) is 0 Å². The molecular weight excluding hydrogens is 280 g/mol. The van der Waals surface area contributed by atoms with Crippen molar-refractivity contribution in [3.8, 4) is 0 Å². The normalized spacial score (nSPS) is 11.7. The van der Waals surface area contributed by atoms with E-state index in [-0.39, 0.29) is 4.90 Å². The molecule has 1 aromatic rings. The van der Waals surface area contributed by atoms with E-state index < -0.39 is 10.0 Å². The van der Waals surface area contributed by atoms with Crippen molar-refractivity contribution in [3.63, 3.8) is 0 Å². The summed E-state index contributed by atoms with van der Waals surface area (Å²) in [4.78, 5) is 0.248. The van der Waals surface area contributed by atoms with E-state index in [1.54, 1.807) is 17.8 Å². The highest BCUT2D eigenvalue weighted by atomic mass is 32.2. The molecule has 1 rings (SSSR count). The van der Waals surface area contributed by atoms with Gasteiger partial charge in [0.25, 0.3) is 0 Å². The zero-order valence-electron chi connectivity index (χ0n) is 11.7. The van der Waals surface area contributed by atoms with Crippen LogP contribution in [-0.4, -0.2) is 27.0 Å². The number of sulfonamides is 1. The van der Waals surface area contributed by atoms with E-state index in [2.05, 4.69) is 4.72 Å². The third-order valence-corrected chi connectivity index (χ3v) is 5.20. The molecule has 0 aromatic heterocycles. The van der Waals surface area contributed by atoms with Crippen molar-refractivity contribution in [1.82, 2.24) is 4.72 Å². The summed E-state index contributed by atoms with van der Waals surface area (Å²) < 4.78 is 26.8. The Kier molecular flexibility index (Phi) is 6.16. The minimum Gasteiger partial charge on any atom is -0.398 e. The third kappa shape index (κ3) is 4.71. The second kappa shape index (κ2) is 7.17. The van der Waals surface area contributed by atoms with Crippen LogP contribution in [0, 0.1) is 13.8 Å². The summed E-state index contributed by atoms with van der Waals surface area (Å²) in [6.07, 6.45) is 3.90. The second-order valence-corrected chi connectivity index (χ2v) is 7.30. The van der Waals surface area contributed by atoms with Crippen LogP contribution in [0.3, 0.4) is 0 Å². The molecule has 0 atom stereocenters. The van der Waals surface area contributed by atoms with Crippen LogP contribution in [0.5, 0.6) is 0 Å². The molecule has 6 heteroatoms. The van der Waals surface area contributed by atoms with Crippen LogP contribution < -0.4 is 10.5 Å². The fourth-order valence-electron chi connectivity index (χ4n) is 1.67. The summed E-state index contributed by atoms with van der Waals surface area (Å²) in [6.45, 7) is 4.22. The number of unbranched alkanes of at least 4 members (excludes halogenated alkanes) is 1. The molecule has 108 valence electrons. The number of anilines is 1. The van der Waals surface area contributed by atoms with Crippen molar-refractivity contribution in [2.24, 2.45) is 0 Å². The molecule has 0 amide bonds. The standard InChI is InChI=1S/C13H22N2O2S2/c1-10-8-12(9-13(14)11(10)2)19(16,17)15-6-4-5-7-18-3/h8-9,15H,4-7,14H2,1-3H3. The van der Waals surface area contributed by atoms with Crippen LogP contribution >= 0.6 is 11.8 Å². The maximum absolute atomic E-state index is 12.1. The van der Waals surface area contributed by atoms with Gasteiger partial charge in [0.2, 0.25) is 10.0 Å². The fourth-order valence-corrected chi connectivity index (χ4v) is 3.36. The van der Waals surface area contributed by atoms with E-state index in [1.165, 1.54) is 6.07 Å². The largest absolute Gasteiger partial charge is 0.398 e. The molecule has 0 saturated carbocycles. The lowest BCUT2D eigenvalue weighted by molar-refractivity contribution is 0.578. The zero-order valence-corrected chi connectivity index (χ0v) is 13.3. The maximum atomic E-state index is 12.1. The monoisotopic (exact) mass is 302 g/mol. The lowest BCUT2D eigenvalue weighted by atomic mass is 10.1. The number of rotatable bonds is 7. The van der Waals surface area contributed by atoms with E-state index in [4.69, 9.17) is 5.73 Å². The van der Waals surface area contributed by atoms with Gasteiger partial charge in [-0.3, -0.25) is 0 Å². The van der Waals surface area contributed by atoms with E-state index in [1.807, 2.05) is 20.1 Å². The first-order chi connectivity index (χ1) is 8.88. The van der Waals surface area contributed by atoms with E-state index in [0.29, 0.717) is 12.2 Å². The van der Waals surface area contributed by atoms with Gasteiger partial charge in [0.1, 0.15) is 0 Å². The molecule has 0 unspecified atom stereocenters. The van der Waals surface area contributed by atoms with Crippen molar-refractivity contribution in [2.45, 2.75) is 31.6 Å². The number of hydrogen-bond donors (Lipinski definition) is 2. The summed E-state index contributed by atoms with van der Waals surface area (Å²) in [5.41, 5.74) is 8.15. The van der Waals surface area contributed by atoms with Gasteiger partial charge in [0.15, 0.2) is 0 Å². The predicted molar refractivity (Wildman–Crippen MR) is 83.1 cm³/mol. The fraction of sp³-hybridized carbons (Fsp3) is 0.538. The van der Waals surface area contributed by atoms with Gasteiger partial charge in [-0.15, -0.1) is 0 Å². The molecule has 3 N–H and O–H groups in total. The van der Waals surface area contributed by atoms with E-state index >= 15 is 0 Å².